The maximum Gasteiger partial charge on any atom is 0.433 e. The molecule has 3 aromatic rings. The summed E-state index contributed by atoms with van der Waals surface area (Å²) >= 11 is 0. The number of aryl methyl sites for hydroxylation is 2. The van der Waals surface area contributed by atoms with Gasteiger partial charge in [0.1, 0.15) is 17.0 Å². The van der Waals surface area contributed by atoms with Crippen molar-refractivity contribution in [2.24, 2.45) is 5.73 Å². The van der Waals surface area contributed by atoms with Gasteiger partial charge in [0.15, 0.2) is 0 Å². The Hall–Kier alpha value is -3.43. The molecule has 0 atom stereocenters. The van der Waals surface area contributed by atoms with E-state index in [1.54, 1.807) is 22.7 Å². The van der Waals surface area contributed by atoms with Gasteiger partial charge < -0.3 is 15.5 Å². The first-order valence-corrected chi connectivity index (χ1v) is 7.63. The zero-order valence-corrected chi connectivity index (χ0v) is 14.4. The largest absolute Gasteiger partial charge is 0.433 e. The highest BCUT2D eigenvalue weighted by atomic mass is 19.4. The fraction of sp³-hybridized carbons (Fsp3) is 0.176. The first-order valence-electron chi connectivity index (χ1n) is 7.63. The number of pyridine rings is 2. The van der Waals surface area contributed by atoms with E-state index in [0.29, 0.717) is 5.69 Å². The maximum atomic E-state index is 12.7. The first kappa shape index (κ1) is 19.9. The van der Waals surface area contributed by atoms with E-state index in [9.17, 15) is 18.0 Å². The van der Waals surface area contributed by atoms with Gasteiger partial charge in [-0.3, -0.25) is 9.59 Å². The van der Waals surface area contributed by atoms with Crippen molar-refractivity contribution in [1.29, 1.82) is 0 Å². The standard InChI is InChI=1S/C16H13F3N4O.CH3NO/c1-9-10(2)23-8-11(6-7-14(23)20-9)21-15(24)12-4-3-5-13(22-12)16(17,18)19;2-1-3/h3-8H,1-2H3,(H,21,24);1H,(H2,2,3). The molecule has 0 saturated heterocycles. The van der Waals surface area contributed by atoms with Gasteiger partial charge in [-0.25, -0.2) is 9.97 Å². The Morgan fingerprint density at radius 2 is 1.85 bits per heavy atom. The Morgan fingerprint density at radius 1 is 1.19 bits per heavy atom. The molecule has 7 nitrogen and oxygen atoms in total. The minimum absolute atomic E-state index is 0.250. The van der Waals surface area contributed by atoms with Crippen LogP contribution in [0.2, 0.25) is 0 Å². The summed E-state index contributed by atoms with van der Waals surface area (Å²) in [5.41, 5.74) is 5.69. The molecule has 3 heterocycles. The molecule has 3 rings (SSSR count). The van der Waals surface area contributed by atoms with E-state index in [1.807, 2.05) is 13.8 Å². The van der Waals surface area contributed by atoms with E-state index in [1.165, 1.54) is 6.07 Å². The van der Waals surface area contributed by atoms with Crippen molar-refractivity contribution in [2.45, 2.75) is 20.0 Å². The topological polar surface area (TPSA) is 102 Å². The third-order valence-corrected chi connectivity index (χ3v) is 3.62. The number of anilines is 1. The van der Waals surface area contributed by atoms with E-state index in [-0.39, 0.29) is 12.1 Å². The number of nitrogens with zero attached hydrogens (tertiary/aromatic N) is 3. The predicted molar refractivity (Wildman–Crippen MR) is 92.1 cm³/mol. The van der Waals surface area contributed by atoms with Crippen LogP contribution in [0.3, 0.4) is 0 Å². The second-order valence-electron chi connectivity index (χ2n) is 5.42. The van der Waals surface area contributed by atoms with E-state index in [0.717, 1.165) is 29.2 Å². The van der Waals surface area contributed by atoms with E-state index >= 15 is 0 Å². The van der Waals surface area contributed by atoms with Crippen LogP contribution < -0.4 is 11.1 Å². The molecule has 0 radical (unpaired) electrons. The van der Waals surface area contributed by atoms with Gasteiger partial charge in [-0.15, -0.1) is 0 Å². The Labute approximate surface area is 152 Å². The van der Waals surface area contributed by atoms with Crippen LogP contribution in [0.15, 0.2) is 36.5 Å². The molecular formula is C17H16F3N5O2. The monoisotopic (exact) mass is 379 g/mol. The molecule has 0 unspecified atom stereocenters. The van der Waals surface area contributed by atoms with Gasteiger partial charge in [0.2, 0.25) is 6.41 Å². The molecular weight excluding hydrogens is 363 g/mol. The molecule has 0 fully saturated rings. The maximum absolute atomic E-state index is 12.7. The smallest absolute Gasteiger partial charge is 0.372 e. The summed E-state index contributed by atoms with van der Waals surface area (Å²) in [4.78, 5) is 28.4. The molecule has 3 N–H and O–H groups in total. The van der Waals surface area contributed by atoms with Crippen molar-refractivity contribution in [2.75, 3.05) is 5.32 Å². The third-order valence-electron chi connectivity index (χ3n) is 3.62. The van der Waals surface area contributed by atoms with Crippen molar-refractivity contribution >= 4 is 23.7 Å². The minimum atomic E-state index is -4.60. The molecule has 10 heteroatoms. The number of halogens is 3. The van der Waals surface area contributed by atoms with Crippen LogP contribution >= 0.6 is 0 Å². The lowest BCUT2D eigenvalue weighted by Crippen LogP contribution is -2.17. The summed E-state index contributed by atoms with van der Waals surface area (Å²) in [6.07, 6.45) is -2.68. The van der Waals surface area contributed by atoms with Crippen molar-refractivity contribution in [3.05, 3.63) is 59.3 Å². The van der Waals surface area contributed by atoms with Crippen LogP contribution in [0.5, 0.6) is 0 Å². The number of primary amides is 1. The Balaban J connectivity index is 0.000000817. The summed E-state index contributed by atoms with van der Waals surface area (Å²) in [6, 6.07) is 6.55. The van der Waals surface area contributed by atoms with Crippen LogP contribution in [-0.2, 0) is 11.0 Å². The minimum Gasteiger partial charge on any atom is -0.372 e. The summed E-state index contributed by atoms with van der Waals surface area (Å²) in [6.45, 7) is 3.75. The number of rotatable bonds is 2. The average Bonchev–Trinajstić information content (AvgIpc) is 2.89. The lowest BCUT2D eigenvalue weighted by molar-refractivity contribution is -0.141. The van der Waals surface area contributed by atoms with Gasteiger partial charge in [-0.05, 0) is 38.1 Å². The Morgan fingerprint density at radius 3 is 2.48 bits per heavy atom. The molecule has 2 amide bonds. The number of hydrogen-bond acceptors (Lipinski definition) is 4. The quantitative estimate of drug-likeness (QED) is 0.668. The SMILES string of the molecule is Cc1nc2ccc(NC(=O)c3cccc(C(F)(F)F)n3)cn2c1C.NC=O. The van der Waals surface area contributed by atoms with E-state index in [2.05, 4.69) is 21.0 Å². The van der Waals surface area contributed by atoms with Gasteiger partial charge in [0, 0.05) is 11.9 Å². The number of aromatic nitrogens is 3. The van der Waals surface area contributed by atoms with E-state index in [4.69, 9.17) is 4.79 Å². The number of alkyl halides is 3. The number of fused-ring (bicyclic) bond motifs is 1. The number of imidazole rings is 1. The van der Waals surface area contributed by atoms with Crippen molar-refractivity contribution in [3.63, 3.8) is 0 Å². The predicted octanol–water partition coefficient (Wildman–Crippen LogP) is 2.72. The van der Waals surface area contributed by atoms with Crippen molar-refractivity contribution in [3.8, 4) is 0 Å². The highest BCUT2D eigenvalue weighted by Gasteiger charge is 2.32. The second-order valence-corrected chi connectivity index (χ2v) is 5.42. The second kappa shape index (κ2) is 7.85. The van der Waals surface area contributed by atoms with E-state index < -0.39 is 17.8 Å². The zero-order chi connectivity index (χ0) is 20.2. The first-order chi connectivity index (χ1) is 12.7. The number of nitrogens with two attached hydrogens (primary N) is 1. The lowest BCUT2D eigenvalue weighted by atomic mass is 10.2. The Kier molecular flexibility index (Phi) is 5.78. The number of nitrogens with one attached hydrogen (secondary N) is 1. The highest BCUT2D eigenvalue weighted by molar-refractivity contribution is 6.02. The number of amides is 2. The molecule has 0 aliphatic rings. The molecule has 142 valence electrons. The number of hydrogen-bond donors (Lipinski definition) is 2. The fourth-order valence-corrected chi connectivity index (χ4v) is 2.27. The molecule has 0 bridgehead atoms. The highest BCUT2D eigenvalue weighted by Crippen LogP contribution is 2.27. The molecule has 3 aromatic heterocycles. The van der Waals surface area contributed by atoms with Gasteiger partial charge in [0.25, 0.3) is 5.91 Å². The number of carbonyl (C=O) groups excluding carboxylic acids is 2. The van der Waals surface area contributed by atoms with Crippen LogP contribution in [0.1, 0.15) is 27.6 Å². The van der Waals surface area contributed by atoms with Crippen LogP contribution in [0, 0.1) is 13.8 Å². The van der Waals surface area contributed by atoms with Gasteiger partial charge >= 0.3 is 6.18 Å². The molecule has 0 aliphatic heterocycles. The third kappa shape index (κ3) is 4.60. The van der Waals surface area contributed by atoms with Crippen LogP contribution in [0.25, 0.3) is 5.65 Å². The molecule has 0 aromatic carbocycles. The van der Waals surface area contributed by atoms with Crippen molar-refractivity contribution in [1.82, 2.24) is 14.4 Å². The summed E-state index contributed by atoms with van der Waals surface area (Å²) in [5, 5.41) is 2.55. The fourth-order valence-electron chi connectivity index (χ4n) is 2.27. The molecule has 0 spiro atoms. The zero-order valence-electron chi connectivity index (χ0n) is 14.4. The summed E-state index contributed by atoms with van der Waals surface area (Å²) < 4.78 is 39.8. The normalized spacial score (nSPS) is 10.9. The van der Waals surface area contributed by atoms with Gasteiger partial charge in [-0.1, -0.05) is 6.07 Å². The van der Waals surface area contributed by atoms with Crippen molar-refractivity contribution < 1.29 is 22.8 Å². The molecule has 0 aliphatic carbocycles. The van der Waals surface area contributed by atoms with Crippen LogP contribution in [-0.4, -0.2) is 26.7 Å². The van der Waals surface area contributed by atoms with Crippen LogP contribution in [0.4, 0.5) is 18.9 Å². The molecule has 27 heavy (non-hydrogen) atoms. The summed E-state index contributed by atoms with van der Waals surface area (Å²) in [5.74, 6) is -0.713. The number of carbonyl (C=O) groups is 2. The Bertz CT molecular complexity index is 982. The average molecular weight is 379 g/mol. The van der Waals surface area contributed by atoms with Gasteiger partial charge in [-0.2, -0.15) is 13.2 Å². The van der Waals surface area contributed by atoms with Gasteiger partial charge in [0.05, 0.1) is 11.4 Å². The lowest BCUT2D eigenvalue weighted by Gasteiger charge is -2.09. The summed E-state index contributed by atoms with van der Waals surface area (Å²) in [7, 11) is 0. The molecule has 0 saturated carbocycles.